The Bertz CT molecular complexity index is 530. The van der Waals surface area contributed by atoms with Crippen molar-refractivity contribution in [2.24, 2.45) is 0 Å². The van der Waals surface area contributed by atoms with Crippen molar-refractivity contribution in [1.82, 2.24) is 20.0 Å². The molecule has 5 heteroatoms. The van der Waals surface area contributed by atoms with Crippen molar-refractivity contribution in [2.75, 3.05) is 19.6 Å². The van der Waals surface area contributed by atoms with Crippen molar-refractivity contribution in [1.29, 1.82) is 0 Å². The number of carbonyl (C=O) groups excluding carboxylic acids is 1. The fraction of sp³-hybridized carbons (Fsp3) is 0.750. The minimum Gasteiger partial charge on any atom is -0.334 e. The molecule has 1 saturated carbocycles. The number of piperidine rings is 1. The van der Waals surface area contributed by atoms with Gasteiger partial charge in [-0.2, -0.15) is 5.10 Å². The molecule has 114 valence electrons. The van der Waals surface area contributed by atoms with Crippen LogP contribution in [0.5, 0.6) is 0 Å². The van der Waals surface area contributed by atoms with E-state index >= 15 is 0 Å². The van der Waals surface area contributed by atoms with Gasteiger partial charge in [-0.1, -0.05) is 6.42 Å². The quantitative estimate of drug-likeness (QED) is 0.925. The van der Waals surface area contributed by atoms with Gasteiger partial charge in [0, 0.05) is 36.8 Å². The number of aromatic nitrogens is 2. The minimum atomic E-state index is 0.0964. The molecule has 0 aromatic carbocycles. The van der Waals surface area contributed by atoms with Gasteiger partial charge in [-0.25, -0.2) is 0 Å². The zero-order valence-corrected chi connectivity index (χ0v) is 12.7. The van der Waals surface area contributed by atoms with E-state index in [2.05, 4.69) is 22.0 Å². The molecule has 0 unspecified atom stereocenters. The Morgan fingerprint density at radius 2 is 2.10 bits per heavy atom. The van der Waals surface area contributed by atoms with Gasteiger partial charge in [-0.05, 0) is 45.2 Å². The van der Waals surface area contributed by atoms with Gasteiger partial charge in [0.1, 0.15) is 5.69 Å². The zero-order valence-electron chi connectivity index (χ0n) is 12.7. The molecule has 1 N–H and O–H groups in total. The van der Waals surface area contributed by atoms with Crippen LogP contribution in [-0.4, -0.2) is 57.6 Å². The Morgan fingerprint density at radius 3 is 2.81 bits per heavy atom. The van der Waals surface area contributed by atoms with Crippen molar-refractivity contribution in [3.63, 3.8) is 0 Å². The molecule has 3 heterocycles. The second-order valence-corrected chi connectivity index (χ2v) is 6.93. The van der Waals surface area contributed by atoms with Gasteiger partial charge in [0.05, 0.1) is 0 Å². The Balaban J connectivity index is 1.34. The first kappa shape index (κ1) is 13.3. The number of likely N-dealkylation sites (tertiary alicyclic amines) is 2. The van der Waals surface area contributed by atoms with E-state index in [4.69, 9.17) is 0 Å². The fourth-order valence-electron chi connectivity index (χ4n) is 3.71. The van der Waals surface area contributed by atoms with Gasteiger partial charge in [0.2, 0.25) is 0 Å². The molecule has 2 saturated heterocycles. The van der Waals surface area contributed by atoms with Gasteiger partial charge in [0.15, 0.2) is 0 Å². The van der Waals surface area contributed by atoms with Crippen LogP contribution in [-0.2, 0) is 0 Å². The maximum atomic E-state index is 12.4. The Morgan fingerprint density at radius 1 is 1.29 bits per heavy atom. The summed E-state index contributed by atoms with van der Waals surface area (Å²) in [6.07, 6.45) is 6.42. The average Bonchev–Trinajstić information content (AvgIpc) is 3.17. The summed E-state index contributed by atoms with van der Waals surface area (Å²) in [7, 11) is 0. The van der Waals surface area contributed by atoms with Crippen LogP contribution in [0.2, 0.25) is 0 Å². The number of aromatic amines is 1. The number of nitrogens with one attached hydrogen (secondary N) is 1. The zero-order chi connectivity index (χ0) is 14.4. The molecular weight excluding hydrogens is 264 g/mol. The van der Waals surface area contributed by atoms with Gasteiger partial charge >= 0.3 is 0 Å². The van der Waals surface area contributed by atoms with Crippen LogP contribution in [0, 0.1) is 0 Å². The first-order valence-corrected chi connectivity index (χ1v) is 8.32. The highest BCUT2D eigenvalue weighted by Gasteiger charge is 2.38. The summed E-state index contributed by atoms with van der Waals surface area (Å²) >= 11 is 0. The average molecular weight is 288 g/mol. The molecule has 21 heavy (non-hydrogen) atoms. The van der Waals surface area contributed by atoms with Gasteiger partial charge < -0.3 is 4.90 Å². The third-order valence-electron chi connectivity index (χ3n) is 5.31. The highest BCUT2D eigenvalue weighted by molar-refractivity contribution is 5.93. The van der Waals surface area contributed by atoms with E-state index in [-0.39, 0.29) is 5.91 Å². The van der Waals surface area contributed by atoms with Crippen LogP contribution in [0.25, 0.3) is 0 Å². The molecule has 1 aromatic heterocycles. The molecule has 3 aliphatic rings. The van der Waals surface area contributed by atoms with E-state index in [0.717, 1.165) is 18.8 Å². The Hall–Kier alpha value is -1.36. The normalized spacial score (nSPS) is 27.7. The lowest BCUT2D eigenvalue weighted by atomic mass is 9.97. The summed E-state index contributed by atoms with van der Waals surface area (Å²) in [6, 6.07) is 3.19. The first-order chi connectivity index (χ1) is 10.2. The second kappa shape index (κ2) is 5.13. The van der Waals surface area contributed by atoms with E-state index < -0.39 is 0 Å². The summed E-state index contributed by atoms with van der Waals surface area (Å²) in [5.74, 6) is 0.719. The number of amides is 1. The molecule has 1 atom stereocenters. The lowest BCUT2D eigenvalue weighted by Crippen LogP contribution is -2.63. The number of nitrogens with zero attached hydrogens (tertiary/aromatic N) is 3. The molecule has 0 radical (unpaired) electrons. The van der Waals surface area contributed by atoms with Crippen molar-refractivity contribution in [3.05, 3.63) is 17.5 Å². The molecule has 4 rings (SSSR count). The van der Waals surface area contributed by atoms with Crippen LogP contribution in [0.4, 0.5) is 0 Å². The van der Waals surface area contributed by atoms with E-state index in [1.165, 1.54) is 38.6 Å². The van der Waals surface area contributed by atoms with E-state index in [9.17, 15) is 4.79 Å². The topological polar surface area (TPSA) is 52.2 Å². The molecule has 5 nitrogen and oxygen atoms in total. The second-order valence-electron chi connectivity index (χ2n) is 6.93. The van der Waals surface area contributed by atoms with E-state index in [1.807, 2.05) is 11.0 Å². The Kier molecular flexibility index (Phi) is 3.25. The molecule has 1 amide bonds. The number of hydrogen-bond acceptors (Lipinski definition) is 3. The fourth-order valence-corrected chi connectivity index (χ4v) is 3.71. The summed E-state index contributed by atoms with van der Waals surface area (Å²) in [5.41, 5.74) is 1.74. The smallest absolute Gasteiger partial charge is 0.274 e. The van der Waals surface area contributed by atoms with Crippen molar-refractivity contribution in [3.8, 4) is 0 Å². The molecule has 1 aromatic rings. The van der Waals surface area contributed by atoms with Crippen LogP contribution in [0.1, 0.15) is 61.1 Å². The number of H-pyrrole nitrogens is 1. The molecule has 1 aliphatic carbocycles. The largest absolute Gasteiger partial charge is 0.334 e. The summed E-state index contributed by atoms with van der Waals surface area (Å²) < 4.78 is 0. The van der Waals surface area contributed by atoms with Crippen LogP contribution in [0.15, 0.2) is 6.07 Å². The van der Waals surface area contributed by atoms with Crippen LogP contribution in [0.3, 0.4) is 0 Å². The lowest BCUT2D eigenvalue weighted by Gasteiger charge is -2.49. The SMILES string of the molecule is C[C@H]1CCCCN1C1CN(C(=O)c2cc(C3CC3)[nH]n2)C1. The van der Waals surface area contributed by atoms with Gasteiger partial charge in [-0.3, -0.25) is 14.8 Å². The molecular formula is C16H24N4O. The Labute approximate surface area is 125 Å². The highest BCUT2D eigenvalue weighted by Crippen LogP contribution is 2.39. The van der Waals surface area contributed by atoms with Crippen LogP contribution >= 0.6 is 0 Å². The number of carbonyl (C=O) groups is 1. The summed E-state index contributed by atoms with van der Waals surface area (Å²) in [5, 5.41) is 7.23. The lowest BCUT2D eigenvalue weighted by molar-refractivity contribution is 0.00181. The van der Waals surface area contributed by atoms with Crippen molar-refractivity contribution in [2.45, 2.75) is 57.0 Å². The predicted octanol–water partition coefficient (Wildman–Crippen LogP) is 1.99. The summed E-state index contributed by atoms with van der Waals surface area (Å²) in [4.78, 5) is 17.0. The van der Waals surface area contributed by atoms with Crippen molar-refractivity contribution >= 4 is 5.91 Å². The number of hydrogen-bond donors (Lipinski definition) is 1. The van der Waals surface area contributed by atoms with E-state index in [1.54, 1.807) is 0 Å². The molecule has 0 bridgehead atoms. The minimum absolute atomic E-state index is 0.0964. The monoisotopic (exact) mass is 288 g/mol. The highest BCUT2D eigenvalue weighted by atomic mass is 16.2. The van der Waals surface area contributed by atoms with E-state index in [0.29, 0.717) is 23.7 Å². The standard InChI is InChI=1S/C16H24N4O/c1-11-4-2-3-7-20(11)13-9-19(10-13)16(21)15-8-14(17-18-15)12-5-6-12/h8,11-13H,2-7,9-10H2,1H3,(H,17,18)/t11-/m0/s1. The van der Waals surface area contributed by atoms with Gasteiger partial charge in [-0.15, -0.1) is 0 Å². The third-order valence-corrected chi connectivity index (χ3v) is 5.31. The van der Waals surface area contributed by atoms with Crippen molar-refractivity contribution < 1.29 is 4.79 Å². The number of rotatable bonds is 3. The third kappa shape index (κ3) is 2.48. The predicted molar refractivity (Wildman–Crippen MR) is 80.3 cm³/mol. The molecule has 0 spiro atoms. The molecule has 2 aliphatic heterocycles. The molecule has 3 fully saturated rings. The van der Waals surface area contributed by atoms with Crippen LogP contribution < -0.4 is 0 Å². The maximum Gasteiger partial charge on any atom is 0.274 e. The first-order valence-electron chi connectivity index (χ1n) is 8.32. The van der Waals surface area contributed by atoms with Gasteiger partial charge in [0.25, 0.3) is 5.91 Å². The maximum absolute atomic E-state index is 12.4. The summed E-state index contributed by atoms with van der Waals surface area (Å²) in [6.45, 7) is 5.25.